The number of pyridine rings is 1. The Morgan fingerprint density at radius 1 is 1.04 bits per heavy atom. The van der Waals surface area contributed by atoms with Crippen molar-refractivity contribution in [3.8, 4) is 0 Å². The number of rotatable bonds is 3. The number of nitrogens with zero attached hydrogens (tertiary/aromatic N) is 4. The number of aromatic amines is 2. The van der Waals surface area contributed by atoms with E-state index in [2.05, 4.69) is 36.0 Å². The predicted molar refractivity (Wildman–Crippen MR) is 81.1 cm³/mol. The van der Waals surface area contributed by atoms with Crippen LogP contribution in [0, 0.1) is 0 Å². The van der Waals surface area contributed by atoms with Crippen LogP contribution in [0.3, 0.4) is 0 Å². The van der Waals surface area contributed by atoms with Gasteiger partial charge in [-0.25, -0.2) is 4.79 Å². The van der Waals surface area contributed by atoms with Crippen LogP contribution in [0.5, 0.6) is 0 Å². The van der Waals surface area contributed by atoms with Crippen LogP contribution >= 0.6 is 0 Å². The number of nitrogens with one attached hydrogen (secondary N) is 4. The summed E-state index contributed by atoms with van der Waals surface area (Å²) in [7, 11) is 0. The van der Waals surface area contributed by atoms with Crippen molar-refractivity contribution in [2.45, 2.75) is 0 Å². The van der Waals surface area contributed by atoms with Gasteiger partial charge in [-0.05, 0) is 12.1 Å². The normalized spacial score (nSPS) is 9.50. The molecule has 0 saturated heterocycles. The fourth-order valence-electron chi connectivity index (χ4n) is 1.61. The van der Waals surface area contributed by atoms with Gasteiger partial charge < -0.3 is 11.0 Å². The van der Waals surface area contributed by atoms with Crippen LogP contribution in [-0.2, 0) is 0 Å². The van der Waals surface area contributed by atoms with Crippen LogP contribution in [-0.4, -0.2) is 47.0 Å². The number of carbonyl (C=O) groups is 1. The average Bonchev–Trinajstić information content (AvgIpc) is 2.53. The molecule has 24 heavy (non-hydrogen) atoms. The summed E-state index contributed by atoms with van der Waals surface area (Å²) in [5.74, 6) is -0.526. The Kier molecular flexibility index (Phi) is 5.75. The Balaban J connectivity index is 0.00000144. The molecule has 1 amide bonds. The first-order valence-corrected chi connectivity index (χ1v) is 5.97. The first kappa shape index (κ1) is 18.3. The van der Waals surface area contributed by atoms with Gasteiger partial charge in [0.15, 0.2) is 11.2 Å². The number of anilines is 1. The SMILES string of the molecule is O.O.O=C(NNc1nnc2c(=O)[nH]c(=O)[nH]c2n1)c1ccncc1. The Labute approximate surface area is 131 Å². The largest absolute Gasteiger partial charge is 0.412 e. The standard InChI is InChI=1S/C11H8N8O3.2H2O/c20-8(5-1-3-12-4-2-5)17-19-10-13-7-6(16-18-10)9(21)15-11(22)14-7;;/h1-4H,(H,17,20)(H3,13,14,15,18,19,21,22);2*1H2. The Morgan fingerprint density at radius 3 is 2.46 bits per heavy atom. The minimum Gasteiger partial charge on any atom is -0.412 e. The molecule has 0 spiro atoms. The van der Waals surface area contributed by atoms with E-state index in [-0.39, 0.29) is 28.1 Å². The molecule has 126 valence electrons. The van der Waals surface area contributed by atoms with Gasteiger partial charge in [0.25, 0.3) is 17.4 Å². The summed E-state index contributed by atoms with van der Waals surface area (Å²) in [6.45, 7) is 0. The number of aromatic nitrogens is 6. The van der Waals surface area contributed by atoms with Crippen molar-refractivity contribution in [3.63, 3.8) is 0 Å². The van der Waals surface area contributed by atoms with Crippen LogP contribution in [0.15, 0.2) is 34.1 Å². The zero-order chi connectivity index (χ0) is 15.5. The lowest BCUT2D eigenvalue weighted by Crippen LogP contribution is -2.31. The summed E-state index contributed by atoms with van der Waals surface area (Å²) >= 11 is 0. The average molecular weight is 336 g/mol. The molecule has 0 radical (unpaired) electrons. The second-order valence-electron chi connectivity index (χ2n) is 4.06. The number of fused-ring (bicyclic) bond motifs is 1. The van der Waals surface area contributed by atoms with Crippen molar-refractivity contribution in [2.75, 3.05) is 5.43 Å². The predicted octanol–water partition coefficient (Wildman–Crippen LogP) is -3.10. The topological polar surface area (TPSA) is 221 Å². The maximum Gasteiger partial charge on any atom is 0.327 e. The van der Waals surface area contributed by atoms with Crippen LogP contribution < -0.4 is 22.1 Å². The zero-order valence-corrected chi connectivity index (χ0v) is 11.8. The maximum absolute atomic E-state index is 11.8. The molecule has 0 atom stereocenters. The van der Waals surface area contributed by atoms with Crippen molar-refractivity contribution in [3.05, 3.63) is 50.9 Å². The summed E-state index contributed by atoms with van der Waals surface area (Å²) in [5.41, 5.74) is 3.57. The molecule has 3 aromatic heterocycles. The summed E-state index contributed by atoms with van der Waals surface area (Å²) in [6.07, 6.45) is 2.94. The van der Waals surface area contributed by atoms with Gasteiger partial charge >= 0.3 is 5.69 Å². The molecule has 0 bridgehead atoms. The molecular weight excluding hydrogens is 324 g/mol. The second-order valence-corrected chi connectivity index (χ2v) is 4.06. The van der Waals surface area contributed by atoms with Gasteiger partial charge in [-0.2, -0.15) is 4.98 Å². The third-order valence-corrected chi connectivity index (χ3v) is 2.59. The highest BCUT2D eigenvalue weighted by Crippen LogP contribution is 2.00. The van der Waals surface area contributed by atoms with E-state index in [1.54, 1.807) is 0 Å². The minimum absolute atomic E-state index is 0. The molecule has 0 unspecified atom stereocenters. The monoisotopic (exact) mass is 336 g/mol. The fraction of sp³-hybridized carbons (Fsp3) is 0. The number of hydrogen-bond acceptors (Lipinski definition) is 8. The van der Waals surface area contributed by atoms with Crippen molar-refractivity contribution in [2.24, 2.45) is 0 Å². The molecule has 0 saturated carbocycles. The van der Waals surface area contributed by atoms with E-state index in [0.29, 0.717) is 5.56 Å². The van der Waals surface area contributed by atoms with Gasteiger partial charge in [0.05, 0.1) is 0 Å². The van der Waals surface area contributed by atoms with E-state index >= 15 is 0 Å². The van der Waals surface area contributed by atoms with Crippen LogP contribution in [0.1, 0.15) is 10.4 Å². The molecule has 0 fully saturated rings. The van der Waals surface area contributed by atoms with Crippen molar-refractivity contribution < 1.29 is 15.7 Å². The van der Waals surface area contributed by atoms with Gasteiger partial charge in [-0.15, -0.1) is 10.2 Å². The first-order valence-electron chi connectivity index (χ1n) is 5.97. The molecule has 3 heterocycles. The summed E-state index contributed by atoms with van der Waals surface area (Å²) in [5, 5.41) is 7.24. The number of carbonyl (C=O) groups excluding carboxylic acids is 1. The van der Waals surface area contributed by atoms with Gasteiger partial charge in [0, 0.05) is 18.0 Å². The summed E-state index contributed by atoms with van der Waals surface area (Å²) in [6, 6.07) is 3.04. The van der Waals surface area contributed by atoms with Gasteiger partial charge in [0.1, 0.15) is 0 Å². The van der Waals surface area contributed by atoms with E-state index in [1.807, 2.05) is 4.98 Å². The van der Waals surface area contributed by atoms with E-state index < -0.39 is 17.2 Å². The molecule has 13 heteroatoms. The van der Waals surface area contributed by atoms with Crippen LogP contribution in [0.4, 0.5) is 5.95 Å². The third-order valence-electron chi connectivity index (χ3n) is 2.59. The summed E-state index contributed by atoms with van der Waals surface area (Å²) < 4.78 is 0. The van der Waals surface area contributed by atoms with Crippen molar-refractivity contribution >= 4 is 23.0 Å². The minimum atomic E-state index is -0.718. The first-order chi connectivity index (χ1) is 10.6. The van der Waals surface area contributed by atoms with Crippen molar-refractivity contribution in [1.82, 2.24) is 35.6 Å². The van der Waals surface area contributed by atoms with Gasteiger partial charge in [-0.3, -0.25) is 35.4 Å². The quantitative estimate of drug-likeness (QED) is 0.358. The van der Waals surface area contributed by atoms with Crippen molar-refractivity contribution in [1.29, 1.82) is 0 Å². The Morgan fingerprint density at radius 2 is 1.75 bits per heavy atom. The molecule has 0 aliphatic heterocycles. The Bertz CT molecular complexity index is 954. The smallest absolute Gasteiger partial charge is 0.327 e. The van der Waals surface area contributed by atoms with Crippen LogP contribution in [0.2, 0.25) is 0 Å². The fourth-order valence-corrected chi connectivity index (χ4v) is 1.61. The van der Waals surface area contributed by atoms with Gasteiger partial charge in [0.2, 0.25) is 0 Å². The molecule has 3 aromatic rings. The number of hydrogen-bond donors (Lipinski definition) is 4. The maximum atomic E-state index is 11.8. The number of H-pyrrole nitrogens is 2. The molecular formula is C11H12N8O5. The molecule has 0 aliphatic carbocycles. The lowest BCUT2D eigenvalue weighted by atomic mass is 10.3. The highest BCUT2D eigenvalue weighted by molar-refractivity contribution is 5.94. The zero-order valence-electron chi connectivity index (χ0n) is 11.8. The van der Waals surface area contributed by atoms with Crippen LogP contribution in [0.25, 0.3) is 11.2 Å². The molecule has 3 rings (SSSR count). The highest BCUT2D eigenvalue weighted by atomic mass is 16.2. The molecule has 0 aliphatic rings. The summed E-state index contributed by atoms with van der Waals surface area (Å²) in [4.78, 5) is 46.4. The lowest BCUT2D eigenvalue weighted by molar-refractivity contribution is 0.0962. The Hall–Kier alpha value is -3.71. The van der Waals surface area contributed by atoms with E-state index in [4.69, 9.17) is 0 Å². The van der Waals surface area contributed by atoms with E-state index in [9.17, 15) is 14.4 Å². The van der Waals surface area contributed by atoms with E-state index in [0.717, 1.165) is 0 Å². The molecule has 13 nitrogen and oxygen atoms in total. The molecule has 8 N–H and O–H groups in total. The second kappa shape index (κ2) is 7.52. The molecule has 0 aromatic carbocycles. The van der Waals surface area contributed by atoms with Gasteiger partial charge in [-0.1, -0.05) is 0 Å². The highest BCUT2D eigenvalue weighted by Gasteiger charge is 2.08. The van der Waals surface area contributed by atoms with E-state index in [1.165, 1.54) is 24.5 Å². The number of hydrazine groups is 1. The third kappa shape index (κ3) is 3.73. The number of amides is 1. The lowest BCUT2D eigenvalue weighted by Gasteiger charge is -2.06.